The Bertz CT molecular complexity index is 893. The summed E-state index contributed by atoms with van der Waals surface area (Å²) >= 11 is 6.00. The fraction of sp³-hybridized carbons (Fsp3) is 0.200. The molecule has 7 heteroatoms. The van der Waals surface area contributed by atoms with Crippen molar-refractivity contribution >= 4 is 23.3 Å². The molecule has 0 aliphatic rings. The number of methoxy groups -OCH3 is 1. The molecule has 2 aromatic carbocycles. The third kappa shape index (κ3) is 5.57. The lowest BCUT2D eigenvalue weighted by atomic mass is 10.2. The van der Waals surface area contributed by atoms with Crippen LogP contribution in [0.5, 0.6) is 5.75 Å². The normalized spacial score (nSPS) is 10.6. The van der Waals surface area contributed by atoms with Gasteiger partial charge in [-0.3, -0.25) is 4.79 Å². The minimum absolute atomic E-state index is 0.230. The molecule has 1 N–H and O–H groups in total. The van der Waals surface area contributed by atoms with Crippen LogP contribution in [0.25, 0.3) is 0 Å². The molecule has 1 aromatic heterocycles. The van der Waals surface area contributed by atoms with Gasteiger partial charge in [0.05, 0.1) is 12.9 Å². The Balaban J connectivity index is 1.57. The molecule has 140 valence electrons. The number of aromatic nitrogens is 2. The Hall–Kier alpha value is -2.83. The summed E-state index contributed by atoms with van der Waals surface area (Å²) in [6.45, 7) is 1.60. The monoisotopic (exact) mass is 385 g/mol. The summed E-state index contributed by atoms with van der Waals surface area (Å²) < 4.78 is 12.3. The highest BCUT2D eigenvalue weighted by Crippen LogP contribution is 2.15. The molecule has 0 unspecified atom stereocenters. The first-order chi connectivity index (χ1) is 13.1. The van der Waals surface area contributed by atoms with Crippen LogP contribution in [0.4, 0.5) is 5.82 Å². The number of amides is 1. The van der Waals surface area contributed by atoms with Crippen molar-refractivity contribution in [3.05, 3.63) is 77.2 Å². The number of carbonyl (C=O) groups excluding carboxylic acids is 1. The average molecular weight is 386 g/mol. The predicted octanol–water partition coefficient (Wildman–Crippen LogP) is 3.86. The van der Waals surface area contributed by atoms with Crippen molar-refractivity contribution in [3.8, 4) is 5.75 Å². The maximum atomic E-state index is 12.4. The van der Waals surface area contributed by atoms with Crippen molar-refractivity contribution in [1.29, 1.82) is 0 Å². The van der Waals surface area contributed by atoms with E-state index in [0.29, 0.717) is 41.9 Å². The quantitative estimate of drug-likeness (QED) is 0.598. The van der Waals surface area contributed by atoms with E-state index in [1.165, 1.54) is 0 Å². The number of halogens is 1. The molecule has 0 fully saturated rings. The number of anilines is 1. The lowest BCUT2D eigenvalue weighted by Gasteiger charge is -2.06. The maximum absolute atomic E-state index is 12.4. The van der Waals surface area contributed by atoms with E-state index < -0.39 is 0 Å². The Morgan fingerprint density at radius 2 is 2.00 bits per heavy atom. The number of rotatable bonds is 8. The van der Waals surface area contributed by atoms with Crippen LogP contribution in [0.15, 0.2) is 61.1 Å². The van der Waals surface area contributed by atoms with Gasteiger partial charge in [-0.1, -0.05) is 23.7 Å². The van der Waals surface area contributed by atoms with E-state index >= 15 is 0 Å². The highest BCUT2D eigenvalue weighted by atomic mass is 35.5. The standard InChI is InChI=1S/C20H20ClN3O3/c1-26-9-10-27-18-7-5-16(6-8-18)20(25)23-19-13-24(14-22-19)12-15-3-2-4-17(21)11-15/h2-8,11,13-14H,9-10,12H2,1H3,(H,23,25). The number of hydrogen-bond donors (Lipinski definition) is 1. The molecule has 0 atom stereocenters. The second-order valence-corrected chi connectivity index (χ2v) is 6.32. The molecule has 1 amide bonds. The summed E-state index contributed by atoms with van der Waals surface area (Å²) in [6.07, 6.45) is 3.45. The van der Waals surface area contributed by atoms with Crippen molar-refractivity contribution < 1.29 is 14.3 Å². The van der Waals surface area contributed by atoms with Crippen molar-refractivity contribution in [3.63, 3.8) is 0 Å². The molecule has 1 heterocycles. The molecule has 0 saturated heterocycles. The van der Waals surface area contributed by atoms with Gasteiger partial charge in [-0.15, -0.1) is 0 Å². The Morgan fingerprint density at radius 3 is 2.74 bits per heavy atom. The minimum atomic E-state index is -0.230. The van der Waals surface area contributed by atoms with Crippen LogP contribution < -0.4 is 10.1 Å². The molecule has 27 heavy (non-hydrogen) atoms. The third-order valence-electron chi connectivity index (χ3n) is 3.80. The number of nitrogens with one attached hydrogen (secondary N) is 1. The van der Waals surface area contributed by atoms with Crippen molar-refractivity contribution in [2.75, 3.05) is 25.6 Å². The molecule has 3 rings (SSSR count). The van der Waals surface area contributed by atoms with E-state index in [0.717, 1.165) is 5.56 Å². The topological polar surface area (TPSA) is 65.4 Å². The van der Waals surface area contributed by atoms with E-state index in [1.807, 2.05) is 28.8 Å². The largest absolute Gasteiger partial charge is 0.491 e. The Labute approximate surface area is 162 Å². The van der Waals surface area contributed by atoms with Crippen LogP contribution in [0, 0.1) is 0 Å². The van der Waals surface area contributed by atoms with Gasteiger partial charge < -0.3 is 19.4 Å². The second-order valence-electron chi connectivity index (χ2n) is 5.88. The summed E-state index contributed by atoms with van der Waals surface area (Å²) in [4.78, 5) is 16.6. The zero-order valence-corrected chi connectivity index (χ0v) is 15.6. The number of ether oxygens (including phenoxy) is 2. The maximum Gasteiger partial charge on any atom is 0.256 e. The van der Waals surface area contributed by atoms with Crippen LogP contribution in [0.3, 0.4) is 0 Å². The van der Waals surface area contributed by atoms with Crippen molar-refractivity contribution in [1.82, 2.24) is 9.55 Å². The minimum Gasteiger partial charge on any atom is -0.491 e. The SMILES string of the molecule is COCCOc1ccc(C(=O)Nc2cn(Cc3cccc(Cl)c3)cn2)cc1. The van der Waals surface area contributed by atoms with Crippen LogP contribution in [-0.2, 0) is 11.3 Å². The van der Waals surface area contributed by atoms with Gasteiger partial charge >= 0.3 is 0 Å². The molecule has 0 spiro atoms. The molecular weight excluding hydrogens is 366 g/mol. The van der Waals surface area contributed by atoms with Gasteiger partial charge in [-0.25, -0.2) is 4.98 Å². The zero-order chi connectivity index (χ0) is 19.1. The molecule has 6 nitrogen and oxygen atoms in total. The Kier molecular flexibility index (Phi) is 6.46. The van der Waals surface area contributed by atoms with E-state index in [9.17, 15) is 4.79 Å². The summed E-state index contributed by atoms with van der Waals surface area (Å²) in [6, 6.07) is 14.5. The van der Waals surface area contributed by atoms with Crippen molar-refractivity contribution in [2.24, 2.45) is 0 Å². The molecule has 0 radical (unpaired) electrons. The number of benzene rings is 2. The highest BCUT2D eigenvalue weighted by molar-refractivity contribution is 6.30. The smallest absolute Gasteiger partial charge is 0.256 e. The number of nitrogens with zero attached hydrogens (tertiary/aromatic N) is 2. The fourth-order valence-electron chi connectivity index (χ4n) is 2.49. The summed E-state index contributed by atoms with van der Waals surface area (Å²) in [7, 11) is 1.62. The van der Waals surface area contributed by atoms with E-state index in [-0.39, 0.29) is 5.91 Å². The first kappa shape index (κ1) is 18.9. The molecule has 0 saturated carbocycles. The predicted molar refractivity (Wildman–Crippen MR) is 105 cm³/mol. The molecule has 0 bridgehead atoms. The lowest BCUT2D eigenvalue weighted by Crippen LogP contribution is -2.12. The molecule has 0 aliphatic heterocycles. The number of carbonyl (C=O) groups is 1. The molecule has 3 aromatic rings. The molecule has 0 aliphatic carbocycles. The van der Waals surface area contributed by atoms with Gasteiger partial charge in [0.15, 0.2) is 5.82 Å². The van der Waals surface area contributed by atoms with Crippen LogP contribution in [0.2, 0.25) is 5.02 Å². The van der Waals surface area contributed by atoms with Gasteiger partial charge in [-0.05, 0) is 42.0 Å². The van der Waals surface area contributed by atoms with Gasteiger partial charge in [0.1, 0.15) is 12.4 Å². The van der Waals surface area contributed by atoms with Gasteiger partial charge in [0.2, 0.25) is 0 Å². The first-order valence-corrected chi connectivity index (χ1v) is 8.81. The van der Waals surface area contributed by atoms with Gasteiger partial charge in [0, 0.05) is 30.4 Å². The van der Waals surface area contributed by atoms with Crippen molar-refractivity contribution in [2.45, 2.75) is 6.54 Å². The summed E-state index contributed by atoms with van der Waals surface area (Å²) in [5.41, 5.74) is 1.58. The summed E-state index contributed by atoms with van der Waals surface area (Å²) in [5, 5.41) is 3.48. The zero-order valence-electron chi connectivity index (χ0n) is 14.9. The number of hydrogen-bond acceptors (Lipinski definition) is 4. The van der Waals surface area contributed by atoms with E-state index in [1.54, 1.807) is 43.9 Å². The third-order valence-corrected chi connectivity index (χ3v) is 4.04. The lowest BCUT2D eigenvalue weighted by molar-refractivity contribution is 0.102. The van der Waals surface area contributed by atoms with Crippen LogP contribution in [-0.4, -0.2) is 35.8 Å². The summed E-state index contributed by atoms with van der Waals surface area (Å²) in [5.74, 6) is 0.947. The molecular formula is C20H20ClN3O3. The number of imidazole rings is 1. The van der Waals surface area contributed by atoms with E-state index in [4.69, 9.17) is 21.1 Å². The first-order valence-electron chi connectivity index (χ1n) is 8.43. The van der Waals surface area contributed by atoms with Crippen LogP contribution >= 0.6 is 11.6 Å². The average Bonchev–Trinajstić information content (AvgIpc) is 3.09. The van der Waals surface area contributed by atoms with E-state index in [2.05, 4.69) is 10.3 Å². The second kappa shape index (κ2) is 9.21. The van der Waals surface area contributed by atoms with Gasteiger partial charge in [-0.2, -0.15) is 0 Å². The van der Waals surface area contributed by atoms with Gasteiger partial charge in [0.25, 0.3) is 5.91 Å². The Morgan fingerprint density at radius 1 is 1.19 bits per heavy atom. The highest BCUT2D eigenvalue weighted by Gasteiger charge is 2.08. The fourth-order valence-corrected chi connectivity index (χ4v) is 2.70. The van der Waals surface area contributed by atoms with Crippen LogP contribution in [0.1, 0.15) is 15.9 Å².